The highest BCUT2D eigenvalue weighted by atomic mass is 16.1. The number of rotatable bonds is 6. The van der Waals surface area contributed by atoms with Gasteiger partial charge in [-0.3, -0.25) is 4.79 Å². The van der Waals surface area contributed by atoms with Crippen LogP contribution >= 0.6 is 0 Å². The molecule has 4 heteroatoms. The first-order valence-corrected chi connectivity index (χ1v) is 7.25. The Balaban J connectivity index is 0. The summed E-state index contributed by atoms with van der Waals surface area (Å²) in [5, 5.41) is 3.12. The average Bonchev–Trinajstić information content (AvgIpc) is 2.48. The molecule has 1 rings (SSSR count). The summed E-state index contributed by atoms with van der Waals surface area (Å²) in [7, 11) is 1.98. The summed E-state index contributed by atoms with van der Waals surface area (Å²) in [4.78, 5) is 8.58. The molecule has 1 aromatic carbocycles. The second-order valence-electron chi connectivity index (χ2n) is 4.43. The molecule has 1 atom stereocenters. The van der Waals surface area contributed by atoms with Crippen molar-refractivity contribution in [2.45, 2.75) is 45.6 Å². The van der Waals surface area contributed by atoms with Gasteiger partial charge in [0.15, 0.2) is 0 Å². The molecule has 0 aromatic heterocycles. The van der Waals surface area contributed by atoms with Gasteiger partial charge in [-0.15, -0.1) is 0 Å². The van der Waals surface area contributed by atoms with Crippen LogP contribution in [0.2, 0.25) is 0 Å². The SMILES string of the molecule is CCCC(N)CC.CNCCc1ccccc1.NC=O. The first-order valence-electron chi connectivity index (χ1n) is 7.25. The maximum absolute atomic E-state index is 8.58. The predicted octanol–water partition coefficient (Wildman–Crippen LogP) is 2.07. The maximum atomic E-state index is 8.58. The third kappa shape index (κ3) is 16.6. The number of benzene rings is 1. The van der Waals surface area contributed by atoms with Crippen LogP contribution in [0, 0.1) is 0 Å². The van der Waals surface area contributed by atoms with Gasteiger partial charge in [0.2, 0.25) is 6.41 Å². The summed E-state index contributed by atoms with van der Waals surface area (Å²) in [6.07, 6.45) is 4.89. The molecule has 20 heavy (non-hydrogen) atoms. The Kier molecular flexibility index (Phi) is 18.4. The minimum atomic E-state index is 0.250. The topological polar surface area (TPSA) is 81.1 Å². The lowest BCUT2D eigenvalue weighted by Gasteiger charge is -2.03. The van der Waals surface area contributed by atoms with Crippen molar-refractivity contribution in [2.24, 2.45) is 11.5 Å². The molecule has 0 fully saturated rings. The predicted molar refractivity (Wildman–Crippen MR) is 87.5 cm³/mol. The van der Waals surface area contributed by atoms with Gasteiger partial charge in [-0.1, -0.05) is 50.6 Å². The third-order valence-corrected chi connectivity index (χ3v) is 2.69. The zero-order valence-corrected chi connectivity index (χ0v) is 13.1. The van der Waals surface area contributed by atoms with E-state index in [1.54, 1.807) is 0 Å². The Morgan fingerprint density at radius 1 is 1.25 bits per heavy atom. The number of nitrogens with two attached hydrogens (primary N) is 2. The van der Waals surface area contributed by atoms with Crippen LogP contribution in [-0.2, 0) is 11.2 Å². The van der Waals surface area contributed by atoms with Crippen LogP contribution < -0.4 is 16.8 Å². The van der Waals surface area contributed by atoms with Crippen molar-refractivity contribution < 1.29 is 4.79 Å². The van der Waals surface area contributed by atoms with E-state index in [0.29, 0.717) is 6.04 Å². The Morgan fingerprint density at radius 2 is 1.80 bits per heavy atom. The van der Waals surface area contributed by atoms with Gasteiger partial charge in [-0.05, 0) is 38.4 Å². The summed E-state index contributed by atoms with van der Waals surface area (Å²) < 4.78 is 0. The molecular weight excluding hydrogens is 250 g/mol. The molecule has 4 nitrogen and oxygen atoms in total. The average molecular weight is 281 g/mol. The van der Waals surface area contributed by atoms with Crippen LogP contribution in [0.1, 0.15) is 38.7 Å². The monoisotopic (exact) mass is 281 g/mol. The van der Waals surface area contributed by atoms with Gasteiger partial charge >= 0.3 is 0 Å². The number of hydrogen-bond acceptors (Lipinski definition) is 3. The standard InChI is InChI=1S/C9H13N.C6H15N.CH3NO/c1-10-8-7-9-5-3-2-4-6-9;1-3-5-6(7)4-2;2-1-3/h2-6,10H,7-8H2,1H3;6H,3-5,7H2,1-2H3;1H,(H2,2,3). The Morgan fingerprint density at radius 3 is 2.15 bits per heavy atom. The van der Waals surface area contributed by atoms with E-state index in [0.717, 1.165) is 19.4 Å². The summed E-state index contributed by atoms with van der Waals surface area (Å²) in [6.45, 7) is 5.35. The van der Waals surface area contributed by atoms with Crippen LogP contribution in [0.4, 0.5) is 0 Å². The number of primary amides is 1. The van der Waals surface area contributed by atoms with Crippen molar-refractivity contribution in [3.05, 3.63) is 35.9 Å². The Labute approximate surface area is 123 Å². The van der Waals surface area contributed by atoms with Crippen molar-refractivity contribution in [2.75, 3.05) is 13.6 Å². The summed E-state index contributed by atoms with van der Waals surface area (Å²) in [5.41, 5.74) is 11.2. The lowest BCUT2D eigenvalue weighted by molar-refractivity contribution is -0.106. The maximum Gasteiger partial charge on any atom is 0.204 e. The molecule has 0 saturated carbocycles. The van der Waals surface area contributed by atoms with Crippen LogP contribution in [0.3, 0.4) is 0 Å². The quantitative estimate of drug-likeness (QED) is 0.698. The molecule has 0 spiro atoms. The van der Waals surface area contributed by atoms with Crippen molar-refractivity contribution >= 4 is 6.41 Å². The lowest BCUT2D eigenvalue weighted by Crippen LogP contribution is -2.17. The molecule has 0 saturated heterocycles. The van der Waals surface area contributed by atoms with Gasteiger partial charge in [0.25, 0.3) is 0 Å². The Bertz CT molecular complexity index is 291. The van der Waals surface area contributed by atoms with Crippen molar-refractivity contribution in [1.29, 1.82) is 0 Å². The normalized spacial score (nSPS) is 10.4. The number of hydrogen-bond donors (Lipinski definition) is 3. The van der Waals surface area contributed by atoms with Gasteiger partial charge in [0.1, 0.15) is 0 Å². The molecule has 0 bridgehead atoms. The van der Waals surface area contributed by atoms with Crippen molar-refractivity contribution in [3.8, 4) is 0 Å². The molecule has 116 valence electrons. The van der Waals surface area contributed by atoms with Gasteiger partial charge in [0, 0.05) is 6.04 Å². The molecule has 1 aromatic rings. The molecule has 0 aliphatic heterocycles. The summed E-state index contributed by atoms with van der Waals surface area (Å²) in [5.74, 6) is 0. The van der Waals surface area contributed by atoms with E-state index in [-0.39, 0.29) is 6.41 Å². The van der Waals surface area contributed by atoms with Gasteiger partial charge < -0.3 is 16.8 Å². The third-order valence-electron chi connectivity index (χ3n) is 2.69. The fourth-order valence-electron chi connectivity index (χ4n) is 1.49. The molecule has 0 aliphatic rings. The van der Waals surface area contributed by atoms with Crippen LogP contribution in [-0.4, -0.2) is 26.0 Å². The van der Waals surface area contributed by atoms with E-state index in [4.69, 9.17) is 10.5 Å². The summed E-state index contributed by atoms with van der Waals surface area (Å²) >= 11 is 0. The first-order chi connectivity index (χ1) is 9.65. The number of likely N-dealkylation sites (N-methyl/N-ethyl adjacent to an activating group) is 1. The number of nitrogens with one attached hydrogen (secondary N) is 1. The second-order valence-corrected chi connectivity index (χ2v) is 4.43. The van der Waals surface area contributed by atoms with E-state index in [2.05, 4.69) is 49.2 Å². The van der Waals surface area contributed by atoms with E-state index in [9.17, 15) is 0 Å². The van der Waals surface area contributed by atoms with Crippen LogP contribution in [0.5, 0.6) is 0 Å². The van der Waals surface area contributed by atoms with Crippen LogP contribution in [0.15, 0.2) is 30.3 Å². The number of carbonyl (C=O) groups excluding carboxylic acids is 1. The van der Waals surface area contributed by atoms with E-state index in [1.807, 2.05) is 13.1 Å². The molecule has 5 N–H and O–H groups in total. The zero-order valence-electron chi connectivity index (χ0n) is 13.1. The fourth-order valence-corrected chi connectivity index (χ4v) is 1.49. The van der Waals surface area contributed by atoms with E-state index >= 15 is 0 Å². The molecule has 0 heterocycles. The molecule has 0 radical (unpaired) electrons. The minimum Gasteiger partial charge on any atom is -0.372 e. The van der Waals surface area contributed by atoms with Crippen molar-refractivity contribution in [1.82, 2.24) is 5.32 Å². The number of amides is 1. The molecular formula is C16H31N3O. The smallest absolute Gasteiger partial charge is 0.204 e. The van der Waals surface area contributed by atoms with Crippen molar-refractivity contribution in [3.63, 3.8) is 0 Å². The minimum absolute atomic E-state index is 0.250. The highest BCUT2D eigenvalue weighted by molar-refractivity contribution is 5.42. The highest BCUT2D eigenvalue weighted by Gasteiger charge is 1.92. The highest BCUT2D eigenvalue weighted by Crippen LogP contribution is 1.97. The molecule has 0 aliphatic carbocycles. The van der Waals surface area contributed by atoms with Gasteiger partial charge in [0.05, 0.1) is 0 Å². The fraction of sp³-hybridized carbons (Fsp3) is 0.562. The van der Waals surface area contributed by atoms with Crippen LogP contribution in [0.25, 0.3) is 0 Å². The Hall–Kier alpha value is -1.39. The largest absolute Gasteiger partial charge is 0.372 e. The second kappa shape index (κ2) is 17.6. The summed E-state index contributed by atoms with van der Waals surface area (Å²) in [6, 6.07) is 10.9. The van der Waals surface area contributed by atoms with E-state index < -0.39 is 0 Å². The van der Waals surface area contributed by atoms with Gasteiger partial charge in [-0.2, -0.15) is 0 Å². The first kappa shape index (κ1) is 20.9. The lowest BCUT2D eigenvalue weighted by atomic mass is 10.1. The zero-order chi connectivity index (χ0) is 15.6. The molecule has 1 amide bonds. The van der Waals surface area contributed by atoms with E-state index in [1.165, 1.54) is 18.4 Å². The van der Waals surface area contributed by atoms with Gasteiger partial charge in [-0.25, -0.2) is 0 Å². The molecule has 1 unspecified atom stereocenters. The number of carbonyl (C=O) groups is 1.